The first-order valence-corrected chi connectivity index (χ1v) is 6.59. The van der Waals surface area contributed by atoms with Crippen LogP contribution < -0.4 is 5.32 Å². The lowest BCUT2D eigenvalue weighted by Crippen LogP contribution is -2.04. The summed E-state index contributed by atoms with van der Waals surface area (Å²) in [5.41, 5.74) is 1.21. The van der Waals surface area contributed by atoms with Gasteiger partial charge in [-0.1, -0.05) is 18.5 Å². The van der Waals surface area contributed by atoms with Gasteiger partial charge in [0.25, 0.3) is 0 Å². The van der Waals surface area contributed by atoms with Crippen LogP contribution >= 0.6 is 11.6 Å². The highest BCUT2D eigenvalue weighted by atomic mass is 35.5. The Morgan fingerprint density at radius 3 is 2.68 bits per heavy atom. The number of nitrogens with zero attached hydrogens (tertiary/aromatic N) is 2. The molecule has 0 aliphatic rings. The second-order valence-corrected chi connectivity index (χ2v) is 4.47. The van der Waals surface area contributed by atoms with E-state index in [4.69, 9.17) is 11.6 Å². The first-order valence-electron chi connectivity index (χ1n) is 6.21. The fourth-order valence-electron chi connectivity index (χ4n) is 1.76. The van der Waals surface area contributed by atoms with Crippen LogP contribution in [0, 0.1) is 5.82 Å². The van der Waals surface area contributed by atoms with Crippen LogP contribution in [0.2, 0.25) is 5.02 Å². The smallest absolute Gasteiger partial charge is 0.131 e. The molecule has 3 nitrogen and oxygen atoms in total. The van der Waals surface area contributed by atoms with Crippen LogP contribution in [0.1, 0.15) is 19.7 Å². The number of hydrogen-bond acceptors (Lipinski definition) is 3. The summed E-state index contributed by atoms with van der Waals surface area (Å²) in [6, 6.07) is 6.04. The molecule has 1 aromatic heterocycles. The summed E-state index contributed by atoms with van der Waals surface area (Å²) in [6.07, 6.45) is 0.708. The van der Waals surface area contributed by atoms with Gasteiger partial charge in [-0.15, -0.1) is 0 Å². The quantitative estimate of drug-likeness (QED) is 0.921. The lowest BCUT2D eigenvalue weighted by molar-refractivity contribution is 0.628. The minimum Gasteiger partial charge on any atom is -0.370 e. The van der Waals surface area contributed by atoms with Crippen molar-refractivity contribution >= 4 is 17.4 Å². The van der Waals surface area contributed by atoms with Crippen LogP contribution in [0.5, 0.6) is 0 Å². The Labute approximate surface area is 116 Å². The van der Waals surface area contributed by atoms with E-state index in [1.54, 1.807) is 6.07 Å². The lowest BCUT2D eigenvalue weighted by Gasteiger charge is -2.09. The Balaban J connectivity index is 2.54. The second kappa shape index (κ2) is 5.97. The summed E-state index contributed by atoms with van der Waals surface area (Å²) in [5, 5.41) is 3.62. The molecule has 0 atom stereocenters. The number of halogens is 2. The maximum Gasteiger partial charge on any atom is 0.131 e. The summed E-state index contributed by atoms with van der Waals surface area (Å²) in [6.45, 7) is 4.72. The topological polar surface area (TPSA) is 37.8 Å². The van der Waals surface area contributed by atoms with Crippen molar-refractivity contribution in [2.24, 2.45) is 0 Å². The number of nitrogens with one attached hydrogen (secondary N) is 1. The van der Waals surface area contributed by atoms with Crippen LogP contribution in [0.3, 0.4) is 0 Å². The zero-order chi connectivity index (χ0) is 13.8. The van der Waals surface area contributed by atoms with Gasteiger partial charge in [0.2, 0.25) is 0 Å². The normalized spacial score (nSPS) is 10.5. The number of aryl methyl sites for hydroxylation is 1. The molecule has 19 heavy (non-hydrogen) atoms. The van der Waals surface area contributed by atoms with E-state index in [9.17, 15) is 4.39 Å². The van der Waals surface area contributed by atoms with E-state index in [2.05, 4.69) is 15.3 Å². The molecule has 0 bridgehead atoms. The number of rotatable bonds is 4. The predicted octanol–water partition coefficient (Wildman–Crippen LogP) is 3.93. The van der Waals surface area contributed by atoms with Crippen molar-refractivity contribution in [3.05, 3.63) is 40.9 Å². The summed E-state index contributed by atoms with van der Waals surface area (Å²) in [4.78, 5) is 8.76. The van der Waals surface area contributed by atoms with Gasteiger partial charge < -0.3 is 5.32 Å². The second-order valence-electron chi connectivity index (χ2n) is 4.06. The fourth-order valence-corrected chi connectivity index (χ4v) is 1.97. The molecule has 1 N–H and O–H groups in total. The molecule has 0 spiro atoms. The molecule has 0 unspecified atom stereocenters. The van der Waals surface area contributed by atoms with Crippen LogP contribution in [-0.2, 0) is 6.42 Å². The summed E-state index contributed by atoms with van der Waals surface area (Å²) >= 11 is 6.11. The molecule has 1 heterocycles. The summed E-state index contributed by atoms with van der Waals surface area (Å²) in [5.74, 6) is 1.10. The molecule has 1 aromatic carbocycles. The molecule has 0 aliphatic carbocycles. The van der Waals surface area contributed by atoms with Gasteiger partial charge in [-0.3, -0.25) is 0 Å². The van der Waals surface area contributed by atoms with E-state index in [-0.39, 0.29) is 5.82 Å². The highest BCUT2D eigenvalue weighted by molar-refractivity contribution is 6.33. The highest BCUT2D eigenvalue weighted by Gasteiger charge is 2.10. The van der Waals surface area contributed by atoms with Gasteiger partial charge in [0.1, 0.15) is 17.5 Å². The van der Waals surface area contributed by atoms with Crippen molar-refractivity contribution in [3.8, 4) is 11.3 Å². The zero-order valence-electron chi connectivity index (χ0n) is 10.9. The van der Waals surface area contributed by atoms with E-state index in [0.29, 0.717) is 28.5 Å². The van der Waals surface area contributed by atoms with Crippen molar-refractivity contribution in [1.82, 2.24) is 9.97 Å². The highest BCUT2D eigenvalue weighted by Crippen LogP contribution is 2.28. The van der Waals surface area contributed by atoms with Crippen LogP contribution in [0.25, 0.3) is 11.3 Å². The molecule has 0 saturated carbocycles. The molecular formula is C14H15ClFN3. The third-order valence-corrected chi connectivity index (χ3v) is 2.98. The monoisotopic (exact) mass is 279 g/mol. The van der Waals surface area contributed by atoms with E-state index >= 15 is 0 Å². The first kappa shape index (κ1) is 13.7. The third-order valence-electron chi connectivity index (χ3n) is 2.65. The van der Waals surface area contributed by atoms with Crippen molar-refractivity contribution in [2.45, 2.75) is 20.3 Å². The van der Waals surface area contributed by atoms with Crippen LogP contribution in [0.4, 0.5) is 10.2 Å². The average Bonchev–Trinajstić information content (AvgIpc) is 2.41. The molecule has 0 saturated heterocycles. The Bertz CT molecular complexity index is 587. The third kappa shape index (κ3) is 3.20. The molecule has 5 heteroatoms. The van der Waals surface area contributed by atoms with Crippen LogP contribution in [-0.4, -0.2) is 16.5 Å². The SMILES string of the molecule is CCNc1cc(-c2cc(F)ccc2Cl)nc(CC)n1. The van der Waals surface area contributed by atoms with Gasteiger partial charge in [0, 0.05) is 24.6 Å². The Kier molecular flexibility index (Phi) is 4.32. The van der Waals surface area contributed by atoms with Crippen molar-refractivity contribution < 1.29 is 4.39 Å². The van der Waals surface area contributed by atoms with Crippen LogP contribution in [0.15, 0.2) is 24.3 Å². The van der Waals surface area contributed by atoms with Gasteiger partial charge in [0.05, 0.1) is 10.7 Å². The first-order chi connectivity index (χ1) is 9.13. The molecule has 2 aromatic rings. The number of aromatic nitrogens is 2. The summed E-state index contributed by atoms with van der Waals surface area (Å²) < 4.78 is 13.3. The molecule has 100 valence electrons. The van der Waals surface area contributed by atoms with Gasteiger partial charge in [-0.2, -0.15) is 0 Å². The average molecular weight is 280 g/mol. The minimum absolute atomic E-state index is 0.332. The Morgan fingerprint density at radius 1 is 1.21 bits per heavy atom. The largest absolute Gasteiger partial charge is 0.370 e. The van der Waals surface area contributed by atoms with Gasteiger partial charge in [-0.25, -0.2) is 14.4 Å². The number of anilines is 1. The van der Waals surface area contributed by atoms with Crippen molar-refractivity contribution in [3.63, 3.8) is 0 Å². The van der Waals surface area contributed by atoms with Gasteiger partial charge >= 0.3 is 0 Å². The van der Waals surface area contributed by atoms with E-state index in [1.807, 2.05) is 13.8 Å². The minimum atomic E-state index is -0.332. The Morgan fingerprint density at radius 2 is 2.00 bits per heavy atom. The van der Waals surface area contributed by atoms with Crippen molar-refractivity contribution in [1.29, 1.82) is 0 Å². The van der Waals surface area contributed by atoms with Crippen molar-refractivity contribution in [2.75, 3.05) is 11.9 Å². The van der Waals surface area contributed by atoms with E-state index < -0.39 is 0 Å². The van der Waals surface area contributed by atoms with Gasteiger partial charge in [-0.05, 0) is 25.1 Å². The molecular weight excluding hydrogens is 265 g/mol. The molecule has 0 radical (unpaired) electrons. The molecule has 0 fully saturated rings. The standard InChI is InChI=1S/C14H15ClFN3/c1-3-13-18-12(8-14(19-13)17-4-2)10-7-9(16)5-6-11(10)15/h5-8H,3-4H2,1-2H3,(H,17,18,19). The number of hydrogen-bond donors (Lipinski definition) is 1. The maximum atomic E-state index is 13.3. The number of benzene rings is 1. The predicted molar refractivity (Wildman–Crippen MR) is 76.0 cm³/mol. The zero-order valence-corrected chi connectivity index (χ0v) is 11.6. The van der Waals surface area contributed by atoms with E-state index in [1.165, 1.54) is 18.2 Å². The van der Waals surface area contributed by atoms with E-state index in [0.717, 1.165) is 12.4 Å². The molecule has 0 aliphatic heterocycles. The lowest BCUT2D eigenvalue weighted by atomic mass is 10.1. The Hall–Kier alpha value is -1.68. The van der Waals surface area contributed by atoms with Gasteiger partial charge in [0.15, 0.2) is 0 Å². The molecule has 2 rings (SSSR count). The molecule has 0 amide bonds. The summed E-state index contributed by atoms with van der Waals surface area (Å²) in [7, 11) is 0. The maximum absolute atomic E-state index is 13.3. The fraction of sp³-hybridized carbons (Fsp3) is 0.286.